The van der Waals surface area contributed by atoms with Crippen LogP contribution >= 0.6 is 0 Å². The van der Waals surface area contributed by atoms with Crippen LogP contribution in [0.4, 0.5) is 0 Å². The summed E-state index contributed by atoms with van der Waals surface area (Å²) < 4.78 is 0. The Kier molecular flexibility index (Phi) is 4.20. The minimum absolute atomic E-state index is 0.771. The van der Waals surface area contributed by atoms with Gasteiger partial charge in [0.15, 0.2) is 0 Å². The third-order valence-electron chi connectivity index (χ3n) is 3.16. The largest absolute Gasteiger partial charge is 0.308 e. The fourth-order valence-corrected chi connectivity index (χ4v) is 2.29. The summed E-state index contributed by atoms with van der Waals surface area (Å²) in [5.74, 6) is 0. The van der Waals surface area contributed by atoms with Gasteiger partial charge in [-0.3, -0.25) is 4.90 Å². The number of nitrogens with zero attached hydrogens (tertiary/aromatic N) is 2. The average molecular weight is 184 g/mol. The summed E-state index contributed by atoms with van der Waals surface area (Å²) in [4.78, 5) is 4.99. The fraction of sp³-hybridized carbons (Fsp3) is 1.00. The lowest BCUT2D eigenvalue weighted by Gasteiger charge is -2.31. The molecule has 0 radical (unpaired) electrons. The summed E-state index contributed by atoms with van der Waals surface area (Å²) in [6.45, 7) is 7.18. The van der Waals surface area contributed by atoms with Crippen molar-refractivity contribution in [3.8, 4) is 0 Å². The molecule has 0 aromatic rings. The van der Waals surface area contributed by atoms with E-state index in [1.165, 1.54) is 32.4 Å². The highest BCUT2D eigenvalue weighted by atomic mass is 15.2. The second kappa shape index (κ2) is 4.97. The Morgan fingerprint density at radius 1 is 1.46 bits per heavy atom. The Morgan fingerprint density at radius 2 is 2.15 bits per heavy atom. The zero-order valence-electron chi connectivity index (χ0n) is 9.58. The van der Waals surface area contributed by atoms with Crippen LogP contribution in [0.2, 0.25) is 0 Å². The number of likely N-dealkylation sites (N-methyl/N-ethyl adjacent to an activating group) is 1. The first-order chi connectivity index (χ1) is 6.15. The monoisotopic (exact) mass is 184 g/mol. The third kappa shape index (κ3) is 2.96. The first-order valence-corrected chi connectivity index (χ1v) is 5.55. The van der Waals surface area contributed by atoms with Gasteiger partial charge in [0.05, 0.1) is 0 Å². The van der Waals surface area contributed by atoms with Crippen LogP contribution in [0.1, 0.15) is 33.1 Å². The molecule has 2 heteroatoms. The van der Waals surface area contributed by atoms with Crippen LogP contribution < -0.4 is 0 Å². The minimum Gasteiger partial charge on any atom is -0.308 e. The van der Waals surface area contributed by atoms with Gasteiger partial charge in [-0.15, -0.1) is 0 Å². The fourth-order valence-electron chi connectivity index (χ4n) is 2.29. The lowest BCUT2D eigenvalue weighted by Crippen LogP contribution is -2.42. The summed E-state index contributed by atoms with van der Waals surface area (Å²) in [7, 11) is 4.35. The van der Waals surface area contributed by atoms with Gasteiger partial charge in [0.25, 0.3) is 0 Å². The van der Waals surface area contributed by atoms with E-state index in [2.05, 4.69) is 37.7 Å². The molecule has 1 aliphatic heterocycles. The number of hydrogen-bond donors (Lipinski definition) is 0. The summed E-state index contributed by atoms with van der Waals surface area (Å²) in [5, 5.41) is 0. The van der Waals surface area contributed by atoms with Gasteiger partial charge in [0.1, 0.15) is 0 Å². The SMILES string of the molecule is CC[C@H](C)N1CCCC1CN(C)C. The van der Waals surface area contributed by atoms with Crippen LogP contribution in [0.3, 0.4) is 0 Å². The molecule has 0 bridgehead atoms. The van der Waals surface area contributed by atoms with Gasteiger partial charge in [-0.25, -0.2) is 0 Å². The molecule has 2 nitrogen and oxygen atoms in total. The van der Waals surface area contributed by atoms with Crippen molar-refractivity contribution in [2.75, 3.05) is 27.2 Å². The second-order valence-corrected chi connectivity index (χ2v) is 4.55. The van der Waals surface area contributed by atoms with Gasteiger partial charge in [-0.2, -0.15) is 0 Å². The zero-order valence-corrected chi connectivity index (χ0v) is 9.58. The molecule has 1 saturated heterocycles. The highest BCUT2D eigenvalue weighted by Gasteiger charge is 2.27. The Labute approximate surface area is 82.9 Å². The Bertz CT molecular complexity index is 145. The van der Waals surface area contributed by atoms with Crippen molar-refractivity contribution >= 4 is 0 Å². The molecule has 0 saturated carbocycles. The van der Waals surface area contributed by atoms with Crippen molar-refractivity contribution in [1.29, 1.82) is 0 Å². The molecule has 0 amide bonds. The van der Waals surface area contributed by atoms with E-state index in [1.807, 2.05) is 0 Å². The molecule has 1 heterocycles. The molecule has 1 aliphatic rings. The normalized spacial score (nSPS) is 27.0. The van der Waals surface area contributed by atoms with E-state index in [9.17, 15) is 0 Å². The molecular formula is C11H24N2. The number of hydrogen-bond acceptors (Lipinski definition) is 2. The molecule has 1 rings (SSSR count). The first-order valence-electron chi connectivity index (χ1n) is 5.55. The van der Waals surface area contributed by atoms with Crippen LogP contribution in [0, 0.1) is 0 Å². The van der Waals surface area contributed by atoms with E-state index in [4.69, 9.17) is 0 Å². The Morgan fingerprint density at radius 3 is 2.69 bits per heavy atom. The van der Waals surface area contributed by atoms with Gasteiger partial charge in [0.2, 0.25) is 0 Å². The predicted octanol–water partition coefficient (Wildman–Crippen LogP) is 1.81. The molecule has 0 aromatic heterocycles. The zero-order chi connectivity index (χ0) is 9.84. The van der Waals surface area contributed by atoms with Crippen molar-refractivity contribution in [1.82, 2.24) is 9.80 Å². The molecule has 0 N–H and O–H groups in total. The molecule has 1 unspecified atom stereocenters. The van der Waals surface area contributed by atoms with Crippen molar-refractivity contribution in [3.05, 3.63) is 0 Å². The summed E-state index contributed by atoms with van der Waals surface area (Å²) in [6, 6.07) is 1.58. The van der Waals surface area contributed by atoms with Gasteiger partial charge >= 0.3 is 0 Å². The van der Waals surface area contributed by atoms with Crippen LogP contribution in [-0.2, 0) is 0 Å². The average Bonchev–Trinajstić information content (AvgIpc) is 2.50. The van der Waals surface area contributed by atoms with Gasteiger partial charge in [-0.05, 0) is 46.8 Å². The lowest BCUT2D eigenvalue weighted by molar-refractivity contribution is 0.158. The highest BCUT2D eigenvalue weighted by Crippen LogP contribution is 2.21. The van der Waals surface area contributed by atoms with Crippen molar-refractivity contribution in [2.45, 2.75) is 45.2 Å². The molecule has 13 heavy (non-hydrogen) atoms. The van der Waals surface area contributed by atoms with E-state index in [1.54, 1.807) is 0 Å². The maximum atomic E-state index is 2.68. The molecule has 78 valence electrons. The quantitative estimate of drug-likeness (QED) is 0.657. The van der Waals surface area contributed by atoms with Crippen LogP contribution in [0.5, 0.6) is 0 Å². The highest BCUT2D eigenvalue weighted by molar-refractivity contribution is 4.83. The van der Waals surface area contributed by atoms with Crippen LogP contribution in [0.25, 0.3) is 0 Å². The van der Waals surface area contributed by atoms with Gasteiger partial charge in [0, 0.05) is 18.6 Å². The predicted molar refractivity (Wildman–Crippen MR) is 58.0 cm³/mol. The van der Waals surface area contributed by atoms with Crippen molar-refractivity contribution in [2.24, 2.45) is 0 Å². The minimum atomic E-state index is 0.771. The van der Waals surface area contributed by atoms with E-state index < -0.39 is 0 Å². The number of likely N-dealkylation sites (tertiary alicyclic amines) is 1. The molecule has 2 atom stereocenters. The maximum absolute atomic E-state index is 2.68. The van der Waals surface area contributed by atoms with E-state index >= 15 is 0 Å². The topological polar surface area (TPSA) is 6.48 Å². The van der Waals surface area contributed by atoms with Crippen LogP contribution in [0.15, 0.2) is 0 Å². The first kappa shape index (κ1) is 11.0. The summed E-state index contributed by atoms with van der Waals surface area (Å²) >= 11 is 0. The lowest BCUT2D eigenvalue weighted by atomic mass is 10.1. The standard InChI is InChI=1S/C11H24N2/c1-5-10(2)13-8-6-7-11(13)9-12(3)4/h10-11H,5-9H2,1-4H3/t10-,11?/m0/s1. The smallest absolute Gasteiger partial charge is 0.0226 e. The van der Waals surface area contributed by atoms with E-state index in [-0.39, 0.29) is 0 Å². The molecule has 1 fully saturated rings. The third-order valence-corrected chi connectivity index (χ3v) is 3.16. The maximum Gasteiger partial charge on any atom is 0.0226 e. The van der Waals surface area contributed by atoms with E-state index in [0.717, 1.165) is 12.1 Å². The van der Waals surface area contributed by atoms with Gasteiger partial charge < -0.3 is 4.90 Å². The van der Waals surface area contributed by atoms with Crippen molar-refractivity contribution in [3.63, 3.8) is 0 Å². The van der Waals surface area contributed by atoms with Crippen LogP contribution in [-0.4, -0.2) is 49.1 Å². The molecule has 0 aromatic carbocycles. The molecular weight excluding hydrogens is 160 g/mol. The Hall–Kier alpha value is -0.0800. The summed E-state index contributed by atoms with van der Waals surface area (Å²) in [6.07, 6.45) is 4.06. The number of rotatable bonds is 4. The van der Waals surface area contributed by atoms with Crippen molar-refractivity contribution < 1.29 is 0 Å². The van der Waals surface area contributed by atoms with Gasteiger partial charge in [-0.1, -0.05) is 6.92 Å². The molecule has 0 aliphatic carbocycles. The second-order valence-electron chi connectivity index (χ2n) is 4.55. The summed E-state index contributed by atoms with van der Waals surface area (Å²) in [5.41, 5.74) is 0. The Balaban J connectivity index is 2.43. The van der Waals surface area contributed by atoms with E-state index in [0.29, 0.717) is 0 Å². The molecule has 0 spiro atoms.